The van der Waals surface area contributed by atoms with Crippen LogP contribution in [0.2, 0.25) is 0 Å². The van der Waals surface area contributed by atoms with Crippen molar-refractivity contribution in [1.29, 1.82) is 0 Å². The van der Waals surface area contributed by atoms with E-state index in [2.05, 4.69) is 4.98 Å². The van der Waals surface area contributed by atoms with Gasteiger partial charge in [0.15, 0.2) is 0 Å². The van der Waals surface area contributed by atoms with Crippen molar-refractivity contribution in [2.75, 3.05) is 19.6 Å². The van der Waals surface area contributed by atoms with Crippen LogP contribution in [0.5, 0.6) is 0 Å². The second-order valence-electron chi connectivity index (χ2n) is 5.14. The predicted octanol–water partition coefficient (Wildman–Crippen LogP) is 1.57. The van der Waals surface area contributed by atoms with Gasteiger partial charge in [0, 0.05) is 30.1 Å². The van der Waals surface area contributed by atoms with Crippen LogP contribution >= 0.6 is 0 Å². The minimum Gasteiger partial charge on any atom is -0.338 e. The first-order chi connectivity index (χ1) is 9.19. The summed E-state index contributed by atoms with van der Waals surface area (Å²) in [5.41, 5.74) is 8.10. The van der Waals surface area contributed by atoms with Gasteiger partial charge in [-0.1, -0.05) is 18.2 Å². The Morgan fingerprint density at radius 3 is 2.89 bits per heavy atom. The number of fused-ring (bicyclic) bond motifs is 1. The number of carbonyl (C=O) groups excluding carboxylic acids is 1. The average Bonchev–Trinajstić information content (AvgIpc) is 2.36. The highest BCUT2D eigenvalue weighted by atomic mass is 16.2. The molecule has 0 atom stereocenters. The fourth-order valence-corrected chi connectivity index (χ4v) is 2.54. The molecule has 0 unspecified atom stereocenters. The van der Waals surface area contributed by atoms with Crippen molar-refractivity contribution < 1.29 is 4.79 Å². The standard InChI is InChI=1S/C15H17N3O/c1-10-6-13(12-4-2-3-5-14(12)17-10)15(19)18-8-11(7-16)9-18/h2-6,11H,7-9,16H2,1H3. The first-order valence-electron chi connectivity index (χ1n) is 6.55. The molecule has 2 N–H and O–H groups in total. The molecule has 0 bridgehead atoms. The number of carbonyl (C=O) groups is 1. The summed E-state index contributed by atoms with van der Waals surface area (Å²) in [6, 6.07) is 9.65. The monoisotopic (exact) mass is 255 g/mol. The summed E-state index contributed by atoms with van der Waals surface area (Å²) < 4.78 is 0. The zero-order chi connectivity index (χ0) is 13.4. The van der Waals surface area contributed by atoms with Crippen molar-refractivity contribution in [3.63, 3.8) is 0 Å². The van der Waals surface area contributed by atoms with Crippen molar-refractivity contribution in [2.24, 2.45) is 11.7 Å². The highest BCUT2D eigenvalue weighted by molar-refractivity contribution is 6.06. The molecule has 0 spiro atoms. The lowest BCUT2D eigenvalue weighted by Crippen LogP contribution is -2.52. The van der Waals surface area contributed by atoms with Gasteiger partial charge in [-0.2, -0.15) is 0 Å². The fourth-order valence-electron chi connectivity index (χ4n) is 2.54. The third kappa shape index (κ3) is 2.08. The summed E-state index contributed by atoms with van der Waals surface area (Å²) >= 11 is 0. The van der Waals surface area contributed by atoms with Crippen LogP contribution in [0, 0.1) is 12.8 Å². The number of nitrogens with two attached hydrogens (primary N) is 1. The van der Waals surface area contributed by atoms with Gasteiger partial charge in [-0.05, 0) is 25.6 Å². The van der Waals surface area contributed by atoms with Crippen molar-refractivity contribution >= 4 is 16.8 Å². The van der Waals surface area contributed by atoms with Crippen LogP contribution < -0.4 is 5.73 Å². The van der Waals surface area contributed by atoms with Gasteiger partial charge in [0.05, 0.1) is 11.1 Å². The van der Waals surface area contributed by atoms with Gasteiger partial charge in [-0.25, -0.2) is 0 Å². The molecule has 0 saturated carbocycles. The van der Waals surface area contributed by atoms with Crippen molar-refractivity contribution in [1.82, 2.24) is 9.88 Å². The van der Waals surface area contributed by atoms with Crippen molar-refractivity contribution in [2.45, 2.75) is 6.92 Å². The Labute approximate surface area is 112 Å². The second-order valence-corrected chi connectivity index (χ2v) is 5.14. The van der Waals surface area contributed by atoms with Crippen LogP contribution in [0.3, 0.4) is 0 Å². The Kier molecular flexibility index (Phi) is 2.95. The van der Waals surface area contributed by atoms with Crippen LogP contribution in [-0.4, -0.2) is 35.4 Å². The van der Waals surface area contributed by atoms with Crippen LogP contribution in [0.1, 0.15) is 16.1 Å². The SMILES string of the molecule is Cc1cc(C(=O)N2CC(CN)C2)c2ccccc2n1. The van der Waals surface area contributed by atoms with Gasteiger partial charge in [0.2, 0.25) is 0 Å². The summed E-state index contributed by atoms with van der Waals surface area (Å²) in [6.07, 6.45) is 0. The number of likely N-dealkylation sites (tertiary alicyclic amines) is 1. The average molecular weight is 255 g/mol. The lowest BCUT2D eigenvalue weighted by molar-refractivity contribution is 0.0517. The molecule has 2 heterocycles. The molecular formula is C15H17N3O. The van der Waals surface area contributed by atoms with E-state index in [9.17, 15) is 4.79 Å². The number of hydrogen-bond donors (Lipinski definition) is 1. The van der Waals surface area contributed by atoms with Crippen LogP contribution in [0.4, 0.5) is 0 Å². The second kappa shape index (κ2) is 4.63. The van der Waals surface area contributed by atoms with Crippen LogP contribution in [-0.2, 0) is 0 Å². The third-order valence-electron chi connectivity index (χ3n) is 3.65. The zero-order valence-corrected chi connectivity index (χ0v) is 11.0. The maximum absolute atomic E-state index is 12.5. The van der Waals surface area contributed by atoms with Crippen molar-refractivity contribution in [3.05, 3.63) is 41.6 Å². The Bertz CT molecular complexity index is 632. The lowest BCUT2D eigenvalue weighted by Gasteiger charge is -2.38. The van der Waals surface area contributed by atoms with E-state index in [0.29, 0.717) is 12.5 Å². The van der Waals surface area contributed by atoms with Gasteiger partial charge in [-0.15, -0.1) is 0 Å². The normalized spacial score (nSPS) is 15.6. The van der Waals surface area contributed by atoms with Crippen molar-refractivity contribution in [3.8, 4) is 0 Å². The van der Waals surface area contributed by atoms with E-state index in [1.807, 2.05) is 42.2 Å². The number of nitrogens with zero attached hydrogens (tertiary/aromatic N) is 2. The number of aryl methyl sites for hydroxylation is 1. The van der Waals surface area contributed by atoms with Gasteiger partial charge < -0.3 is 10.6 Å². The van der Waals surface area contributed by atoms with Gasteiger partial charge in [0.1, 0.15) is 0 Å². The molecule has 2 aromatic rings. The largest absolute Gasteiger partial charge is 0.338 e. The number of amides is 1. The van der Waals surface area contributed by atoms with E-state index in [4.69, 9.17) is 5.73 Å². The number of hydrogen-bond acceptors (Lipinski definition) is 3. The Hall–Kier alpha value is -1.94. The van der Waals surface area contributed by atoms with E-state index in [0.717, 1.165) is 35.2 Å². The summed E-state index contributed by atoms with van der Waals surface area (Å²) in [6.45, 7) is 4.11. The molecule has 19 heavy (non-hydrogen) atoms. The van der Waals surface area contributed by atoms with E-state index >= 15 is 0 Å². The van der Waals surface area contributed by atoms with Crippen LogP contribution in [0.15, 0.2) is 30.3 Å². The Morgan fingerprint density at radius 1 is 1.42 bits per heavy atom. The lowest BCUT2D eigenvalue weighted by atomic mass is 9.98. The maximum atomic E-state index is 12.5. The smallest absolute Gasteiger partial charge is 0.254 e. The molecule has 1 saturated heterocycles. The molecule has 4 heteroatoms. The van der Waals surface area contributed by atoms with Crippen LogP contribution in [0.25, 0.3) is 10.9 Å². The number of benzene rings is 1. The molecule has 1 aliphatic rings. The predicted molar refractivity (Wildman–Crippen MR) is 74.9 cm³/mol. The van der Waals surface area contributed by atoms with Gasteiger partial charge in [-0.3, -0.25) is 9.78 Å². The van der Waals surface area contributed by atoms with E-state index in [1.165, 1.54) is 0 Å². The first-order valence-corrected chi connectivity index (χ1v) is 6.55. The Balaban J connectivity index is 1.98. The molecule has 1 aromatic heterocycles. The highest BCUT2D eigenvalue weighted by Gasteiger charge is 2.30. The van der Waals surface area contributed by atoms with E-state index < -0.39 is 0 Å². The minimum atomic E-state index is 0.0893. The summed E-state index contributed by atoms with van der Waals surface area (Å²) in [5, 5.41) is 0.925. The zero-order valence-electron chi connectivity index (χ0n) is 11.0. The maximum Gasteiger partial charge on any atom is 0.254 e. The molecule has 1 aromatic carbocycles. The number of aromatic nitrogens is 1. The number of pyridine rings is 1. The molecule has 0 radical (unpaired) electrons. The highest BCUT2D eigenvalue weighted by Crippen LogP contribution is 2.23. The summed E-state index contributed by atoms with van der Waals surface area (Å²) in [5.74, 6) is 0.546. The fraction of sp³-hybridized carbons (Fsp3) is 0.333. The molecule has 1 amide bonds. The van der Waals surface area contributed by atoms with E-state index in [-0.39, 0.29) is 5.91 Å². The quantitative estimate of drug-likeness (QED) is 0.886. The number of rotatable bonds is 2. The summed E-state index contributed by atoms with van der Waals surface area (Å²) in [7, 11) is 0. The molecule has 1 aliphatic heterocycles. The van der Waals surface area contributed by atoms with Gasteiger partial charge in [0.25, 0.3) is 5.91 Å². The van der Waals surface area contributed by atoms with E-state index in [1.54, 1.807) is 0 Å². The molecule has 4 nitrogen and oxygen atoms in total. The molecule has 0 aliphatic carbocycles. The topological polar surface area (TPSA) is 59.2 Å². The molecule has 98 valence electrons. The number of para-hydroxylation sites is 1. The molecular weight excluding hydrogens is 238 g/mol. The summed E-state index contributed by atoms with van der Waals surface area (Å²) in [4.78, 5) is 18.8. The Morgan fingerprint density at radius 2 is 2.16 bits per heavy atom. The first kappa shape index (κ1) is 12.1. The third-order valence-corrected chi connectivity index (χ3v) is 3.65. The minimum absolute atomic E-state index is 0.0893. The molecule has 3 rings (SSSR count). The molecule has 1 fully saturated rings. The van der Waals surface area contributed by atoms with Gasteiger partial charge >= 0.3 is 0 Å².